The Balaban J connectivity index is 1.76. The molecule has 0 bridgehead atoms. The summed E-state index contributed by atoms with van der Waals surface area (Å²) < 4.78 is 24.2. The highest BCUT2D eigenvalue weighted by molar-refractivity contribution is 5.79. The zero-order chi connectivity index (χ0) is 18.8. The molecule has 140 valence electrons. The van der Waals surface area contributed by atoms with Crippen molar-refractivity contribution in [3.63, 3.8) is 0 Å². The maximum atomic E-state index is 13.6. The molecule has 2 aromatic rings. The Morgan fingerprint density at radius 1 is 1.04 bits per heavy atom. The van der Waals surface area contributed by atoms with Crippen LogP contribution in [0.15, 0.2) is 47.5 Å². The monoisotopic (exact) mass is 359 g/mol. The Hall–Kier alpha value is -2.76. The number of aliphatic imine (C=N–C) groups is 1. The summed E-state index contributed by atoms with van der Waals surface area (Å²) >= 11 is 0. The number of aryl methyl sites for hydroxylation is 1. The fourth-order valence-corrected chi connectivity index (χ4v) is 2.58. The van der Waals surface area contributed by atoms with Crippen LogP contribution >= 0.6 is 0 Å². The first-order valence-corrected chi connectivity index (χ1v) is 8.56. The van der Waals surface area contributed by atoms with Crippen LogP contribution in [0.1, 0.15) is 17.5 Å². The Morgan fingerprint density at radius 3 is 2.50 bits per heavy atom. The van der Waals surface area contributed by atoms with Crippen LogP contribution in [0.2, 0.25) is 0 Å². The quantitative estimate of drug-likeness (QED) is 0.432. The van der Waals surface area contributed by atoms with Gasteiger partial charge in [-0.2, -0.15) is 0 Å². The molecule has 0 saturated heterocycles. The predicted molar refractivity (Wildman–Crippen MR) is 102 cm³/mol. The van der Waals surface area contributed by atoms with Crippen LogP contribution in [0.3, 0.4) is 0 Å². The van der Waals surface area contributed by atoms with Crippen LogP contribution < -0.4 is 20.1 Å². The van der Waals surface area contributed by atoms with Gasteiger partial charge in [0.2, 0.25) is 0 Å². The van der Waals surface area contributed by atoms with E-state index in [2.05, 4.69) is 15.6 Å². The molecule has 2 N–H and O–H groups in total. The highest BCUT2D eigenvalue weighted by Crippen LogP contribution is 2.27. The van der Waals surface area contributed by atoms with Gasteiger partial charge < -0.3 is 20.1 Å². The summed E-state index contributed by atoms with van der Waals surface area (Å²) in [5, 5.41) is 6.36. The summed E-state index contributed by atoms with van der Waals surface area (Å²) in [4.78, 5) is 4.16. The van der Waals surface area contributed by atoms with E-state index < -0.39 is 0 Å². The summed E-state index contributed by atoms with van der Waals surface area (Å²) in [6.45, 7) is 1.15. The van der Waals surface area contributed by atoms with Crippen LogP contribution in [0.4, 0.5) is 4.39 Å². The molecule has 0 unspecified atom stereocenters. The van der Waals surface area contributed by atoms with Crippen molar-refractivity contribution in [1.29, 1.82) is 0 Å². The van der Waals surface area contributed by atoms with Gasteiger partial charge in [-0.05, 0) is 36.6 Å². The lowest BCUT2D eigenvalue weighted by Crippen LogP contribution is -2.37. The zero-order valence-electron chi connectivity index (χ0n) is 15.5. The van der Waals surface area contributed by atoms with Crippen molar-refractivity contribution in [3.8, 4) is 11.5 Å². The molecule has 2 aromatic carbocycles. The molecule has 26 heavy (non-hydrogen) atoms. The first-order valence-electron chi connectivity index (χ1n) is 8.56. The molecule has 0 aliphatic rings. The molecule has 0 fully saturated rings. The third-order valence-electron chi connectivity index (χ3n) is 4.01. The summed E-state index contributed by atoms with van der Waals surface area (Å²) in [5.41, 5.74) is 1.79. The van der Waals surface area contributed by atoms with Crippen molar-refractivity contribution in [2.24, 2.45) is 4.99 Å². The van der Waals surface area contributed by atoms with Gasteiger partial charge in [0.1, 0.15) is 5.82 Å². The number of benzene rings is 2. The summed E-state index contributed by atoms with van der Waals surface area (Å²) in [5.74, 6) is 1.90. The second-order valence-electron chi connectivity index (χ2n) is 5.74. The average molecular weight is 359 g/mol. The zero-order valence-corrected chi connectivity index (χ0v) is 15.5. The van der Waals surface area contributed by atoms with E-state index >= 15 is 0 Å². The van der Waals surface area contributed by atoms with E-state index in [4.69, 9.17) is 9.47 Å². The lowest BCUT2D eigenvalue weighted by Gasteiger charge is -2.13. The number of nitrogens with zero attached hydrogens (tertiary/aromatic N) is 1. The fraction of sp³-hybridized carbons (Fsp3) is 0.350. The van der Waals surface area contributed by atoms with Gasteiger partial charge in [-0.25, -0.2) is 4.39 Å². The number of guanidine groups is 1. The fourth-order valence-electron chi connectivity index (χ4n) is 2.58. The van der Waals surface area contributed by atoms with Gasteiger partial charge in [0, 0.05) is 25.7 Å². The van der Waals surface area contributed by atoms with Crippen molar-refractivity contribution >= 4 is 5.96 Å². The molecule has 0 aliphatic carbocycles. The molecular formula is C20H26FN3O2. The molecule has 2 rings (SSSR count). The summed E-state index contributed by atoms with van der Waals surface area (Å²) in [7, 11) is 4.96. The lowest BCUT2D eigenvalue weighted by atomic mass is 10.1. The van der Waals surface area contributed by atoms with E-state index in [1.165, 1.54) is 11.6 Å². The van der Waals surface area contributed by atoms with Gasteiger partial charge in [-0.1, -0.05) is 24.3 Å². The van der Waals surface area contributed by atoms with Gasteiger partial charge in [0.25, 0.3) is 0 Å². The van der Waals surface area contributed by atoms with Gasteiger partial charge in [-0.3, -0.25) is 4.99 Å². The minimum Gasteiger partial charge on any atom is -0.493 e. The van der Waals surface area contributed by atoms with Gasteiger partial charge in [-0.15, -0.1) is 0 Å². The normalized spacial score (nSPS) is 11.2. The van der Waals surface area contributed by atoms with Crippen LogP contribution in [0, 0.1) is 5.82 Å². The van der Waals surface area contributed by atoms with Crippen LogP contribution in [-0.2, 0) is 13.0 Å². The first kappa shape index (κ1) is 19.6. The van der Waals surface area contributed by atoms with E-state index in [1.807, 2.05) is 24.3 Å². The van der Waals surface area contributed by atoms with E-state index in [9.17, 15) is 4.39 Å². The third-order valence-corrected chi connectivity index (χ3v) is 4.01. The molecule has 0 atom stereocenters. The average Bonchev–Trinajstić information content (AvgIpc) is 2.68. The van der Waals surface area contributed by atoms with E-state index in [-0.39, 0.29) is 5.82 Å². The van der Waals surface area contributed by atoms with E-state index in [0.29, 0.717) is 18.1 Å². The second-order valence-corrected chi connectivity index (χ2v) is 5.74. The Labute approximate surface area is 154 Å². The molecule has 0 radical (unpaired) electrons. The summed E-state index contributed by atoms with van der Waals surface area (Å²) in [6, 6.07) is 12.6. The van der Waals surface area contributed by atoms with E-state index in [0.717, 1.165) is 30.9 Å². The number of nitrogens with one attached hydrogen (secondary N) is 2. The van der Waals surface area contributed by atoms with Gasteiger partial charge >= 0.3 is 0 Å². The molecule has 5 nitrogen and oxygen atoms in total. The Kier molecular flexibility index (Phi) is 7.74. The molecule has 0 aliphatic heterocycles. The van der Waals surface area contributed by atoms with Crippen LogP contribution in [0.5, 0.6) is 11.5 Å². The van der Waals surface area contributed by atoms with Gasteiger partial charge in [0.15, 0.2) is 17.5 Å². The van der Waals surface area contributed by atoms with Crippen molar-refractivity contribution in [2.75, 3.05) is 27.8 Å². The topological polar surface area (TPSA) is 54.9 Å². The number of hydrogen-bond donors (Lipinski definition) is 2. The van der Waals surface area contributed by atoms with Crippen LogP contribution in [0.25, 0.3) is 0 Å². The summed E-state index contributed by atoms with van der Waals surface area (Å²) in [6.07, 6.45) is 1.83. The van der Waals surface area contributed by atoms with E-state index in [1.54, 1.807) is 33.4 Å². The molecule has 0 saturated carbocycles. The highest BCUT2D eigenvalue weighted by atomic mass is 19.1. The Bertz CT molecular complexity index is 735. The van der Waals surface area contributed by atoms with Crippen molar-refractivity contribution < 1.29 is 13.9 Å². The SMILES string of the molecule is CN=C(NCCCc1ccc(OC)c(OC)c1)NCc1ccccc1F. The van der Waals surface area contributed by atoms with Crippen molar-refractivity contribution in [2.45, 2.75) is 19.4 Å². The minimum atomic E-state index is -0.219. The smallest absolute Gasteiger partial charge is 0.191 e. The van der Waals surface area contributed by atoms with Crippen molar-refractivity contribution in [3.05, 3.63) is 59.4 Å². The maximum Gasteiger partial charge on any atom is 0.191 e. The lowest BCUT2D eigenvalue weighted by molar-refractivity contribution is 0.354. The number of rotatable bonds is 8. The molecule has 0 heterocycles. The number of methoxy groups -OCH3 is 2. The molecule has 0 spiro atoms. The molecule has 0 amide bonds. The second kappa shape index (κ2) is 10.3. The number of ether oxygens (including phenoxy) is 2. The molecular weight excluding hydrogens is 333 g/mol. The predicted octanol–water partition coefficient (Wildman–Crippen LogP) is 3.14. The maximum absolute atomic E-state index is 13.6. The molecule has 6 heteroatoms. The minimum absolute atomic E-state index is 0.219. The largest absolute Gasteiger partial charge is 0.493 e. The highest BCUT2D eigenvalue weighted by Gasteiger charge is 2.05. The standard InChI is InChI=1S/C20H26FN3O2/c1-22-20(24-14-16-8-4-5-9-17(16)21)23-12-6-7-15-10-11-18(25-2)19(13-15)26-3/h4-5,8-11,13H,6-7,12,14H2,1-3H3,(H2,22,23,24). The number of hydrogen-bond acceptors (Lipinski definition) is 3. The third kappa shape index (κ3) is 5.65. The van der Waals surface area contributed by atoms with Crippen molar-refractivity contribution in [1.82, 2.24) is 10.6 Å². The first-order chi connectivity index (χ1) is 12.7. The molecule has 0 aromatic heterocycles. The Morgan fingerprint density at radius 2 is 1.81 bits per heavy atom. The van der Waals surface area contributed by atoms with Crippen LogP contribution in [-0.4, -0.2) is 33.8 Å². The number of halogens is 1. The van der Waals surface area contributed by atoms with Gasteiger partial charge in [0.05, 0.1) is 14.2 Å².